The zero-order valence-corrected chi connectivity index (χ0v) is 16.9. The molecular weight excluding hydrogens is 382 g/mol. The van der Waals surface area contributed by atoms with Crippen LogP contribution in [0.5, 0.6) is 0 Å². The van der Waals surface area contributed by atoms with Crippen molar-refractivity contribution in [1.82, 2.24) is 34.3 Å². The largest absolute Gasteiger partial charge is 0.379 e. The number of hydrogen-bond acceptors (Lipinski definition) is 7. The van der Waals surface area contributed by atoms with E-state index in [1.807, 2.05) is 30.3 Å². The van der Waals surface area contributed by atoms with Crippen LogP contribution in [0.1, 0.15) is 12.6 Å². The summed E-state index contributed by atoms with van der Waals surface area (Å²) in [6.07, 6.45) is 2.33. The van der Waals surface area contributed by atoms with Gasteiger partial charge in [-0.05, 0) is 12.0 Å². The van der Waals surface area contributed by atoms with Crippen LogP contribution in [0.4, 0.5) is 0 Å². The standard InChI is InChI=1S/C21H23N7O2/c1-2-16-17(15-6-4-3-5-7-15)19-24-23-18-20(28(19)25-16)22-14-27(21(18)29)9-8-26-10-12-30-13-11-26/h3-7,14H,2,8-13H2,1H3. The number of morpholine rings is 1. The molecule has 0 spiro atoms. The summed E-state index contributed by atoms with van der Waals surface area (Å²) in [6, 6.07) is 10.00. The van der Waals surface area contributed by atoms with E-state index in [0.717, 1.165) is 56.1 Å². The summed E-state index contributed by atoms with van der Waals surface area (Å²) >= 11 is 0. The summed E-state index contributed by atoms with van der Waals surface area (Å²) in [4.78, 5) is 19.8. The van der Waals surface area contributed by atoms with Crippen LogP contribution < -0.4 is 5.56 Å². The molecule has 1 saturated heterocycles. The number of ether oxygens (including phenoxy) is 1. The van der Waals surface area contributed by atoms with Gasteiger partial charge in [0.2, 0.25) is 0 Å². The third kappa shape index (κ3) is 3.25. The van der Waals surface area contributed by atoms with E-state index in [1.54, 1.807) is 15.4 Å². The zero-order chi connectivity index (χ0) is 20.5. The molecule has 4 aromatic rings. The van der Waals surface area contributed by atoms with E-state index in [4.69, 9.17) is 9.84 Å². The summed E-state index contributed by atoms with van der Waals surface area (Å²) in [5.41, 5.74) is 3.95. The van der Waals surface area contributed by atoms with Gasteiger partial charge in [0, 0.05) is 26.2 Å². The molecule has 5 rings (SSSR count). The lowest BCUT2D eigenvalue weighted by Gasteiger charge is -2.26. The van der Waals surface area contributed by atoms with Crippen molar-refractivity contribution in [2.24, 2.45) is 0 Å². The number of aromatic nitrogens is 6. The molecule has 1 aliphatic heterocycles. The molecule has 9 heteroatoms. The summed E-state index contributed by atoms with van der Waals surface area (Å²) in [5, 5.41) is 13.3. The third-order valence-corrected chi connectivity index (χ3v) is 5.53. The Hall–Kier alpha value is -3.17. The Labute approximate surface area is 172 Å². The predicted molar refractivity (Wildman–Crippen MR) is 112 cm³/mol. The molecule has 1 fully saturated rings. The minimum absolute atomic E-state index is 0.197. The highest BCUT2D eigenvalue weighted by atomic mass is 16.5. The Morgan fingerprint density at radius 2 is 1.83 bits per heavy atom. The van der Waals surface area contributed by atoms with Crippen molar-refractivity contribution < 1.29 is 4.74 Å². The van der Waals surface area contributed by atoms with Crippen LogP contribution in [0.3, 0.4) is 0 Å². The van der Waals surface area contributed by atoms with Crippen LogP contribution in [-0.4, -0.2) is 67.1 Å². The van der Waals surface area contributed by atoms with Crippen molar-refractivity contribution in [3.05, 3.63) is 52.7 Å². The van der Waals surface area contributed by atoms with Crippen molar-refractivity contribution in [2.45, 2.75) is 19.9 Å². The summed E-state index contributed by atoms with van der Waals surface area (Å²) in [6.45, 7) is 6.60. The van der Waals surface area contributed by atoms with Gasteiger partial charge in [0.25, 0.3) is 5.56 Å². The minimum atomic E-state index is -0.197. The fraction of sp³-hybridized carbons (Fsp3) is 0.381. The summed E-state index contributed by atoms with van der Waals surface area (Å²) in [5.74, 6) is 0. The van der Waals surface area contributed by atoms with Gasteiger partial charge in [0.05, 0.1) is 24.5 Å². The van der Waals surface area contributed by atoms with Gasteiger partial charge in [-0.15, -0.1) is 10.2 Å². The lowest BCUT2D eigenvalue weighted by atomic mass is 10.0. The van der Waals surface area contributed by atoms with Gasteiger partial charge in [-0.2, -0.15) is 9.61 Å². The van der Waals surface area contributed by atoms with Gasteiger partial charge in [0.1, 0.15) is 6.33 Å². The molecule has 0 saturated carbocycles. The van der Waals surface area contributed by atoms with E-state index < -0.39 is 0 Å². The van der Waals surface area contributed by atoms with Gasteiger partial charge in [-0.25, -0.2) is 4.98 Å². The van der Waals surface area contributed by atoms with Gasteiger partial charge in [-0.3, -0.25) is 14.3 Å². The van der Waals surface area contributed by atoms with Crippen LogP contribution in [-0.2, 0) is 17.7 Å². The summed E-state index contributed by atoms with van der Waals surface area (Å²) in [7, 11) is 0. The average Bonchev–Trinajstić information content (AvgIpc) is 3.19. The molecule has 9 nitrogen and oxygen atoms in total. The third-order valence-electron chi connectivity index (χ3n) is 5.53. The van der Waals surface area contributed by atoms with Crippen molar-refractivity contribution in [2.75, 3.05) is 32.8 Å². The van der Waals surface area contributed by atoms with Crippen LogP contribution in [0.15, 0.2) is 41.5 Å². The Morgan fingerprint density at radius 1 is 1.03 bits per heavy atom. The van der Waals surface area contributed by atoms with Gasteiger partial charge < -0.3 is 4.74 Å². The SMILES string of the molecule is CCc1nn2c(nnc3c(=O)n(CCN4CCOCC4)cnc32)c1-c1ccccc1. The maximum Gasteiger partial charge on any atom is 0.283 e. The quantitative estimate of drug-likeness (QED) is 0.496. The Balaban J connectivity index is 1.56. The molecule has 154 valence electrons. The number of aryl methyl sites for hydroxylation is 1. The molecule has 0 unspecified atom stereocenters. The van der Waals surface area contributed by atoms with Crippen molar-refractivity contribution in [1.29, 1.82) is 0 Å². The maximum absolute atomic E-state index is 13.0. The lowest BCUT2D eigenvalue weighted by molar-refractivity contribution is 0.0362. The predicted octanol–water partition coefficient (Wildman–Crippen LogP) is 1.40. The molecule has 0 atom stereocenters. The molecule has 30 heavy (non-hydrogen) atoms. The smallest absolute Gasteiger partial charge is 0.283 e. The normalized spacial score (nSPS) is 15.2. The van der Waals surface area contributed by atoms with E-state index in [2.05, 4.69) is 27.0 Å². The Morgan fingerprint density at radius 3 is 2.60 bits per heavy atom. The maximum atomic E-state index is 13.0. The first kappa shape index (κ1) is 18.8. The first-order chi connectivity index (χ1) is 14.8. The number of fused-ring (bicyclic) bond motifs is 3. The first-order valence-corrected chi connectivity index (χ1v) is 10.2. The molecule has 0 N–H and O–H groups in total. The topological polar surface area (TPSA) is 90.4 Å². The van der Waals surface area contributed by atoms with E-state index in [0.29, 0.717) is 17.8 Å². The fourth-order valence-electron chi connectivity index (χ4n) is 3.88. The van der Waals surface area contributed by atoms with E-state index >= 15 is 0 Å². The molecule has 4 heterocycles. The molecule has 0 amide bonds. The van der Waals surface area contributed by atoms with E-state index in [1.165, 1.54) is 0 Å². The number of rotatable bonds is 5. The average molecular weight is 405 g/mol. The van der Waals surface area contributed by atoms with Crippen LogP contribution in [0.2, 0.25) is 0 Å². The van der Waals surface area contributed by atoms with Crippen molar-refractivity contribution >= 4 is 16.8 Å². The second-order valence-electron chi connectivity index (χ2n) is 7.35. The number of nitrogens with zero attached hydrogens (tertiary/aromatic N) is 7. The fourth-order valence-corrected chi connectivity index (χ4v) is 3.88. The monoisotopic (exact) mass is 405 g/mol. The highest BCUT2D eigenvalue weighted by molar-refractivity contribution is 5.83. The zero-order valence-electron chi connectivity index (χ0n) is 16.9. The summed E-state index contributed by atoms with van der Waals surface area (Å²) < 4.78 is 8.62. The Bertz CT molecular complexity index is 1240. The highest BCUT2D eigenvalue weighted by Gasteiger charge is 2.19. The minimum Gasteiger partial charge on any atom is -0.379 e. The van der Waals surface area contributed by atoms with Crippen LogP contribution in [0.25, 0.3) is 27.9 Å². The van der Waals surface area contributed by atoms with Gasteiger partial charge in [0.15, 0.2) is 16.8 Å². The Kier molecular flexibility index (Phi) is 4.97. The van der Waals surface area contributed by atoms with Crippen LogP contribution in [0, 0.1) is 0 Å². The first-order valence-electron chi connectivity index (χ1n) is 10.2. The molecule has 0 aliphatic carbocycles. The van der Waals surface area contributed by atoms with Crippen molar-refractivity contribution in [3.63, 3.8) is 0 Å². The highest BCUT2D eigenvalue weighted by Crippen LogP contribution is 2.28. The molecular formula is C21H23N7O2. The lowest BCUT2D eigenvalue weighted by Crippen LogP contribution is -2.39. The van der Waals surface area contributed by atoms with Crippen molar-refractivity contribution in [3.8, 4) is 11.1 Å². The second-order valence-corrected chi connectivity index (χ2v) is 7.35. The van der Waals surface area contributed by atoms with E-state index in [9.17, 15) is 4.79 Å². The molecule has 0 bridgehead atoms. The molecule has 1 aromatic carbocycles. The molecule has 3 aromatic heterocycles. The number of benzene rings is 1. The van der Waals surface area contributed by atoms with E-state index in [-0.39, 0.29) is 11.1 Å². The number of hydrogen-bond donors (Lipinski definition) is 0. The van der Waals surface area contributed by atoms with Gasteiger partial charge >= 0.3 is 0 Å². The second kappa shape index (κ2) is 7.92. The van der Waals surface area contributed by atoms with Gasteiger partial charge in [-0.1, -0.05) is 37.3 Å². The van der Waals surface area contributed by atoms with Crippen LogP contribution >= 0.6 is 0 Å². The molecule has 1 aliphatic rings. The molecule has 0 radical (unpaired) electrons.